The summed E-state index contributed by atoms with van der Waals surface area (Å²) in [6, 6.07) is 0.376. The molecule has 144 valence electrons. The molecule has 3 fully saturated rings. The molecule has 2 bridgehead atoms. The Morgan fingerprint density at radius 1 is 1.35 bits per heavy atom. The van der Waals surface area contributed by atoms with E-state index in [1.54, 1.807) is 0 Å². The van der Waals surface area contributed by atoms with Crippen LogP contribution in [0.5, 0.6) is 0 Å². The maximum atomic E-state index is 12.5. The molecule has 0 aromatic carbocycles. The molecule has 3 saturated heterocycles. The predicted octanol–water partition coefficient (Wildman–Crippen LogP) is -1.22. The van der Waals surface area contributed by atoms with Crippen LogP contribution in [0.25, 0.3) is 0 Å². The zero-order valence-electron chi connectivity index (χ0n) is 15.2. The van der Waals surface area contributed by atoms with Gasteiger partial charge in [-0.05, 0) is 25.3 Å². The first-order valence-corrected chi connectivity index (χ1v) is 9.33. The van der Waals surface area contributed by atoms with Gasteiger partial charge >= 0.3 is 0 Å². The van der Waals surface area contributed by atoms with Gasteiger partial charge in [-0.3, -0.25) is 19.2 Å². The van der Waals surface area contributed by atoms with Crippen molar-refractivity contribution in [2.24, 2.45) is 11.8 Å². The first kappa shape index (κ1) is 18.8. The molecule has 9 heteroatoms. The van der Waals surface area contributed by atoms with Crippen LogP contribution in [-0.4, -0.2) is 75.6 Å². The number of hydrogen-bond acceptors (Lipinski definition) is 6. The molecular formula is C17H28N6O3. The molecular weight excluding hydrogens is 336 g/mol. The van der Waals surface area contributed by atoms with Gasteiger partial charge in [0.05, 0.1) is 18.2 Å². The Bertz CT molecular complexity index is 634. The highest BCUT2D eigenvalue weighted by molar-refractivity contribution is 5.79. The monoisotopic (exact) mass is 364 g/mol. The summed E-state index contributed by atoms with van der Waals surface area (Å²) in [5.74, 6) is 0.430. The second-order valence-corrected chi connectivity index (χ2v) is 7.22. The van der Waals surface area contributed by atoms with Crippen LogP contribution in [0.3, 0.4) is 0 Å². The number of fused-ring (bicyclic) bond motifs is 3. The van der Waals surface area contributed by atoms with Gasteiger partial charge in [-0.15, -0.1) is 5.10 Å². The number of carbonyl (C=O) groups is 2. The molecule has 0 aliphatic carbocycles. The Morgan fingerprint density at radius 3 is 2.85 bits per heavy atom. The van der Waals surface area contributed by atoms with Crippen molar-refractivity contribution < 1.29 is 14.7 Å². The lowest BCUT2D eigenvalue weighted by atomic mass is 9.75. The van der Waals surface area contributed by atoms with E-state index in [1.807, 2.05) is 10.9 Å². The van der Waals surface area contributed by atoms with Gasteiger partial charge in [0, 0.05) is 51.8 Å². The molecule has 9 nitrogen and oxygen atoms in total. The number of aromatic nitrogens is 3. The average Bonchev–Trinajstić information content (AvgIpc) is 3.06. The highest BCUT2D eigenvalue weighted by Gasteiger charge is 2.43. The van der Waals surface area contributed by atoms with Crippen LogP contribution in [0, 0.1) is 11.8 Å². The molecule has 4 atom stereocenters. The third-order valence-electron chi connectivity index (χ3n) is 5.37. The Balaban J connectivity index is 1.49. The number of amides is 2. The van der Waals surface area contributed by atoms with Crippen molar-refractivity contribution in [3.8, 4) is 0 Å². The number of nitrogens with one attached hydrogen (secondary N) is 2. The summed E-state index contributed by atoms with van der Waals surface area (Å²) in [6.07, 6.45) is 4.45. The molecule has 0 spiro atoms. The van der Waals surface area contributed by atoms with Crippen molar-refractivity contribution in [2.75, 3.05) is 32.8 Å². The zero-order chi connectivity index (χ0) is 18.5. The quantitative estimate of drug-likeness (QED) is 0.498. The molecule has 4 heterocycles. The van der Waals surface area contributed by atoms with Gasteiger partial charge in [-0.2, -0.15) is 0 Å². The van der Waals surface area contributed by atoms with Crippen LogP contribution >= 0.6 is 0 Å². The maximum Gasteiger partial charge on any atom is 0.224 e. The van der Waals surface area contributed by atoms with E-state index in [-0.39, 0.29) is 24.3 Å². The zero-order valence-corrected chi connectivity index (χ0v) is 15.2. The van der Waals surface area contributed by atoms with Crippen LogP contribution in [0.1, 0.15) is 25.5 Å². The van der Waals surface area contributed by atoms with Crippen molar-refractivity contribution >= 4 is 11.8 Å². The van der Waals surface area contributed by atoms with E-state index in [9.17, 15) is 9.59 Å². The third-order valence-corrected chi connectivity index (χ3v) is 5.37. The van der Waals surface area contributed by atoms with Crippen LogP contribution in [0.15, 0.2) is 6.20 Å². The lowest BCUT2D eigenvalue weighted by molar-refractivity contribution is -0.133. The topological polar surface area (TPSA) is 112 Å². The van der Waals surface area contributed by atoms with Crippen molar-refractivity contribution in [2.45, 2.75) is 38.8 Å². The average molecular weight is 364 g/mol. The summed E-state index contributed by atoms with van der Waals surface area (Å²) in [7, 11) is 0. The van der Waals surface area contributed by atoms with E-state index in [0.717, 1.165) is 38.2 Å². The lowest BCUT2D eigenvalue weighted by Gasteiger charge is -2.49. The molecule has 1 aromatic rings. The van der Waals surface area contributed by atoms with E-state index in [1.165, 1.54) is 6.92 Å². The van der Waals surface area contributed by atoms with Crippen molar-refractivity contribution in [1.29, 1.82) is 0 Å². The molecule has 2 amide bonds. The summed E-state index contributed by atoms with van der Waals surface area (Å²) < 4.78 is 1.85. The summed E-state index contributed by atoms with van der Waals surface area (Å²) in [4.78, 5) is 25.7. The van der Waals surface area contributed by atoms with Gasteiger partial charge in [0.1, 0.15) is 0 Å². The predicted molar refractivity (Wildman–Crippen MR) is 94.1 cm³/mol. The lowest BCUT2D eigenvalue weighted by Crippen LogP contribution is -2.58. The van der Waals surface area contributed by atoms with Crippen LogP contribution < -0.4 is 10.6 Å². The molecule has 3 aliphatic rings. The van der Waals surface area contributed by atoms with Crippen molar-refractivity contribution in [3.63, 3.8) is 0 Å². The molecule has 4 rings (SSSR count). The standard InChI is InChI=1S/C17H28N6O3/c1-12(25)18-4-5-19-17(26)16-11-22-6-2-13(16)8-15(22)10-23-9-14(3-7-24)20-21-23/h9,13,15-16,24H,2-8,10-11H2,1H3,(H,18,25)(H,19,26)/t13-,15+,16-/m0/s1. The molecule has 1 unspecified atom stereocenters. The van der Waals surface area contributed by atoms with Crippen molar-refractivity contribution in [3.05, 3.63) is 11.9 Å². The molecule has 26 heavy (non-hydrogen) atoms. The Kier molecular flexibility index (Phi) is 6.20. The fourth-order valence-electron chi connectivity index (χ4n) is 4.05. The highest BCUT2D eigenvalue weighted by Crippen LogP contribution is 2.36. The molecule has 3 aliphatic heterocycles. The van der Waals surface area contributed by atoms with E-state index >= 15 is 0 Å². The number of piperidine rings is 3. The summed E-state index contributed by atoms with van der Waals surface area (Å²) in [5.41, 5.74) is 0.805. The fraction of sp³-hybridized carbons (Fsp3) is 0.765. The van der Waals surface area contributed by atoms with Gasteiger partial charge < -0.3 is 15.7 Å². The minimum atomic E-state index is -0.0832. The number of hydrogen-bond donors (Lipinski definition) is 3. The largest absolute Gasteiger partial charge is 0.396 e. The van der Waals surface area contributed by atoms with Gasteiger partial charge in [-0.25, -0.2) is 0 Å². The van der Waals surface area contributed by atoms with Crippen LogP contribution in [0.4, 0.5) is 0 Å². The van der Waals surface area contributed by atoms with E-state index in [2.05, 4.69) is 25.8 Å². The second-order valence-electron chi connectivity index (χ2n) is 7.22. The molecule has 0 radical (unpaired) electrons. The normalized spacial score (nSPS) is 27.3. The second kappa shape index (κ2) is 8.59. The molecule has 0 saturated carbocycles. The summed E-state index contributed by atoms with van der Waals surface area (Å²) >= 11 is 0. The summed E-state index contributed by atoms with van der Waals surface area (Å²) in [5, 5.41) is 22.8. The third kappa shape index (κ3) is 4.59. The Hall–Kier alpha value is -2.00. The minimum Gasteiger partial charge on any atom is -0.396 e. The highest BCUT2D eigenvalue weighted by atomic mass is 16.3. The Labute approximate surface area is 153 Å². The SMILES string of the molecule is CC(=O)NCCNC(=O)[C@H]1CN2CC[C@H]1C[C@@H]2Cn1cc(CCO)nn1. The maximum absolute atomic E-state index is 12.5. The number of aliphatic hydroxyl groups excluding tert-OH is 1. The summed E-state index contributed by atoms with van der Waals surface area (Å²) in [6.45, 7) is 5.05. The van der Waals surface area contributed by atoms with E-state index in [4.69, 9.17) is 5.11 Å². The first-order valence-electron chi connectivity index (χ1n) is 9.33. The number of aliphatic hydroxyl groups is 1. The first-order chi connectivity index (χ1) is 12.6. The van der Waals surface area contributed by atoms with E-state index < -0.39 is 0 Å². The van der Waals surface area contributed by atoms with Gasteiger partial charge in [0.25, 0.3) is 0 Å². The minimum absolute atomic E-state index is 0.0259. The molecule has 1 aromatic heterocycles. The van der Waals surface area contributed by atoms with Gasteiger partial charge in [0.15, 0.2) is 0 Å². The van der Waals surface area contributed by atoms with Gasteiger partial charge in [-0.1, -0.05) is 5.21 Å². The fourth-order valence-corrected chi connectivity index (χ4v) is 4.05. The number of carbonyl (C=O) groups excluding carboxylic acids is 2. The van der Waals surface area contributed by atoms with E-state index in [0.29, 0.717) is 31.5 Å². The smallest absolute Gasteiger partial charge is 0.224 e. The number of nitrogens with zero attached hydrogens (tertiary/aromatic N) is 4. The molecule has 3 N–H and O–H groups in total. The van der Waals surface area contributed by atoms with Crippen molar-refractivity contribution in [1.82, 2.24) is 30.5 Å². The number of rotatable bonds is 8. The Morgan fingerprint density at radius 2 is 2.15 bits per heavy atom. The van der Waals surface area contributed by atoms with Gasteiger partial charge in [0.2, 0.25) is 11.8 Å². The van der Waals surface area contributed by atoms with Crippen LogP contribution in [-0.2, 0) is 22.6 Å². The van der Waals surface area contributed by atoms with Crippen LogP contribution in [0.2, 0.25) is 0 Å².